The molecule has 0 spiro atoms. The van der Waals surface area contributed by atoms with E-state index >= 15 is 0 Å². The lowest BCUT2D eigenvalue weighted by molar-refractivity contribution is -0.122. The summed E-state index contributed by atoms with van der Waals surface area (Å²) in [7, 11) is 0. The molecular formula is C19H19F3N2O2. The molecule has 3 rings (SSSR count). The number of hydrogen-bond donors (Lipinski definition) is 1. The highest BCUT2D eigenvalue weighted by molar-refractivity contribution is 5.80. The van der Waals surface area contributed by atoms with Crippen molar-refractivity contribution >= 4 is 5.91 Å². The Morgan fingerprint density at radius 1 is 1.23 bits per heavy atom. The normalized spacial score (nSPS) is 20.3. The minimum Gasteiger partial charge on any atom is -0.489 e. The molecule has 0 unspecified atom stereocenters. The predicted molar refractivity (Wildman–Crippen MR) is 90.0 cm³/mol. The number of alkyl halides is 1. The van der Waals surface area contributed by atoms with Crippen LogP contribution in [0.4, 0.5) is 13.2 Å². The SMILES string of the molecule is NC(=O)[C@@H]1C[C@@H](F)CN1Cc1ccc(OCc2cccc(F)c2)cc1F. The number of hydrogen-bond acceptors (Lipinski definition) is 3. The van der Waals surface area contributed by atoms with E-state index in [4.69, 9.17) is 10.5 Å². The molecule has 26 heavy (non-hydrogen) atoms. The Kier molecular flexibility index (Phi) is 5.46. The molecule has 1 heterocycles. The van der Waals surface area contributed by atoms with Crippen LogP contribution in [0.3, 0.4) is 0 Å². The van der Waals surface area contributed by atoms with Gasteiger partial charge in [0.2, 0.25) is 5.91 Å². The molecule has 1 saturated heterocycles. The van der Waals surface area contributed by atoms with Gasteiger partial charge in [0.25, 0.3) is 0 Å². The number of nitrogens with two attached hydrogens (primary N) is 1. The topological polar surface area (TPSA) is 55.6 Å². The Morgan fingerprint density at radius 2 is 2.04 bits per heavy atom. The van der Waals surface area contributed by atoms with E-state index in [1.165, 1.54) is 24.3 Å². The fourth-order valence-electron chi connectivity index (χ4n) is 3.08. The maximum atomic E-state index is 14.3. The minimum atomic E-state index is -1.15. The molecule has 0 saturated carbocycles. The summed E-state index contributed by atoms with van der Waals surface area (Å²) in [6, 6.07) is 9.55. The van der Waals surface area contributed by atoms with Gasteiger partial charge in [-0.05, 0) is 23.8 Å². The molecule has 4 nitrogen and oxygen atoms in total. The fourth-order valence-corrected chi connectivity index (χ4v) is 3.08. The van der Waals surface area contributed by atoms with Crippen LogP contribution in [0.15, 0.2) is 42.5 Å². The van der Waals surface area contributed by atoms with Crippen molar-refractivity contribution < 1.29 is 22.7 Å². The second-order valence-electron chi connectivity index (χ2n) is 6.35. The van der Waals surface area contributed by atoms with E-state index < -0.39 is 23.9 Å². The highest BCUT2D eigenvalue weighted by atomic mass is 19.1. The molecule has 2 N–H and O–H groups in total. The summed E-state index contributed by atoms with van der Waals surface area (Å²) >= 11 is 0. The van der Waals surface area contributed by atoms with Gasteiger partial charge in [-0.25, -0.2) is 13.2 Å². The van der Waals surface area contributed by atoms with Gasteiger partial charge >= 0.3 is 0 Å². The van der Waals surface area contributed by atoms with Gasteiger partial charge in [-0.15, -0.1) is 0 Å². The number of rotatable bonds is 6. The number of carbonyl (C=O) groups excluding carboxylic acids is 1. The molecule has 138 valence electrons. The lowest BCUT2D eigenvalue weighted by atomic mass is 10.1. The van der Waals surface area contributed by atoms with Gasteiger partial charge in [0.05, 0.1) is 6.04 Å². The van der Waals surface area contributed by atoms with Crippen LogP contribution < -0.4 is 10.5 Å². The number of amides is 1. The van der Waals surface area contributed by atoms with Gasteiger partial charge in [-0.3, -0.25) is 9.69 Å². The van der Waals surface area contributed by atoms with Crippen LogP contribution in [0.25, 0.3) is 0 Å². The van der Waals surface area contributed by atoms with E-state index in [-0.39, 0.29) is 31.9 Å². The van der Waals surface area contributed by atoms with Crippen molar-refractivity contribution in [2.75, 3.05) is 6.54 Å². The molecule has 2 aromatic carbocycles. The number of ether oxygens (including phenoxy) is 1. The van der Waals surface area contributed by atoms with E-state index in [0.29, 0.717) is 16.9 Å². The predicted octanol–water partition coefficient (Wildman–Crippen LogP) is 2.94. The van der Waals surface area contributed by atoms with Gasteiger partial charge in [0.15, 0.2) is 0 Å². The Bertz CT molecular complexity index is 800. The third kappa shape index (κ3) is 4.35. The summed E-state index contributed by atoms with van der Waals surface area (Å²) < 4.78 is 46.5. The Hall–Kier alpha value is -2.54. The first-order valence-electron chi connectivity index (χ1n) is 8.25. The average Bonchev–Trinajstić information content (AvgIpc) is 2.96. The van der Waals surface area contributed by atoms with Crippen LogP contribution in [0.1, 0.15) is 17.5 Å². The fraction of sp³-hybridized carbons (Fsp3) is 0.316. The van der Waals surface area contributed by atoms with Crippen molar-refractivity contribution in [3.8, 4) is 5.75 Å². The number of likely N-dealkylation sites (tertiary alicyclic amines) is 1. The zero-order chi connectivity index (χ0) is 18.7. The van der Waals surface area contributed by atoms with Crippen LogP contribution in [-0.4, -0.2) is 29.6 Å². The van der Waals surface area contributed by atoms with Crippen molar-refractivity contribution in [3.05, 3.63) is 65.2 Å². The lowest BCUT2D eigenvalue weighted by Gasteiger charge is -2.21. The van der Waals surface area contributed by atoms with E-state index in [1.807, 2.05) is 0 Å². The summed E-state index contributed by atoms with van der Waals surface area (Å²) in [4.78, 5) is 12.9. The number of carbonyl (C=O) groups is 1. The molecule has 2 aromatic rings. The first-order chi connectivity index (χ1) is 12.4. The Balaban J connectivity index is 1.65. The summed E-state index contributed by atoms with van der Waals surface area (Å²) in [6.45, 7) is 0.241. The molecule has 0 aliphatic carbocycles. The monoisotopic (exact) mass is 364 g/mol. The Labute approximate surface area is 149 Å². The summed E-state index contributed by atoms with van der Waals surface area (Å²) in [5.74, 6) is -1.20. The molecule has 0 aromatic heterocycles. The molecule has 1 aliphatic rings. The first-order valence-corrected chi connectivity index (χ1v) is 8.25. The van der Waals surface area contributed by atoms with Crippen LogP contribution in [0, 0.1) is 11.6 Å². The third-order valence-corrected chi connectivity index (χ3v) is 4.37. The van der Waals surface area contributed by atoms with Gasteiger partial charge in [0.1, 0.15) is 30.2 Å². The highest BCUT2D eigenvalue weighted by Gasteiger charge is 2.35. The van der Waals surface area contributed by atoms with Crippen LogP contribution in [-0.2, 0) is 17.9 Å². The van der Waals surface area contributed by atoms with E-state index in [9.17, 15) is 18.0 Å². The third-order valence-electron chi connectivity index (χ3n) is 4.37. The van der Waals surface area contributed by atoms with Gasteiger partial charge in [-0.2, -0.15) is 0 Å². The summed E-state index contributed by atoms with van der Waals surface area (Å²) in [5.41, 5.74) is 6.24. The maximum absolute atomic E-state index is 14.3. The van der Waals surface area contributed by atoms with Crippen LogP contribution in [0.5, 0.6) is 5.75 Å². The largest absolute Gasteiger partial charge is 0.489 e. The number of benzene rings is 2. The zero-order valence-corrected chi connectivity index (χ0v) is 14.0. The average molecular weight is 364 g/mol. The van der Waals surface area contributed by atoms with Crippen LogP contribution >= 0.6 is 0 Å². The van der Waals surface area contributed by atoms with Gasteiger partial charge in [-0.1, -0.05) is 18.2 Å². The van der Waals surface area contributed by atoms with Gasteiger partial charge in [0, 0.05) is 31.1 Å². The van der Waals surface area contributed by atoms with Crippen molar-refractivity contribution in [1.82, 2.24) is 4.90 Å². The van der Waals surface area contributed by atoms with Gasteiger partial charge < -0.3 is 10.5 Å². The van der Waals surface area contributed by atoms with Crippen LogP contribution in [0.2, 0.25) is 0 Å². The molecule has 1 amide bonds. The van der Waals surface area contributed by atoms with E-state index in [0.717, 1.165) is 0 Å². The molecule has 0 radical (unpaired) electrons. The second kappa shape index (κ2) is 7.78. The summed E-state index contributed by atoms with van der Waals surface area (Å²) in [5, 5.41) is 0. The number of primary amides is 1. The molecule has 7 heteroatoms. The molecule has 1 aliphatic heterocycles. The maximum Gasteiger partial charge on any atom is 0.234 e. The lowest BCUT2D eigenvalue weighted by Crippen LogP contribution is -2.39. The number of nitrogens with zero attached hydrogens (tertiary/aromatic N) is 1. The molecule has 0 bridgehead atoms. The van der Waals surface area contributed by atoms with Crippen molar-refractivity contribution in [2.24, 2.45) is 5.73 Å². The highest BCUT2D eigenvalue weighted by Crippen LogP contribution is 2.25. The quantitative estimate of drug-likeness (QED) is 0.858. The van der Waals surface area contributed by atoms with E-state index in [2.05, 4.69) is 0 Å². The van der Waals surface area contributed by atoms with E-state index in [1.54, 1.807) is 23.1 Å². The standard InChI is InChI=1S/C19H19F3N2O2/c20-14-3-1-2-12(6-14)11-26-16-5-4-13(17(22)8-16)9-24-10-15(21)7-18(24)19(23)25/h1-6,8,15,18H,7,9-11H2,(H2,23,25)/t15-,18+/m1/s1. The molecular weight excluding hydrogens is 345 g/mol. The van der Waals surface area contributed by atoms with Crippen molar-refractivity contribution in [1.29, 1.82) is 0 Å². The molecule has 2 atom stereocenters. The van der Waals surface area contributed by atoms with Crippen molar-refractivity contribution in [2.45, 2.75) is 31.8 Å². The summed E-state index contributed by atoms with van der Waals surface area (Å²) in [6.07, 6.45) is -1.12. The molecule has 1 fully saturated rings. The minimum absolute atomic E-state index is 0.0335. The Morgan fingerprint density at radius 3 is 2.73 bits per heavy atom. The number of halogens is 3. The second-order valence-corrected chi connectivity index (χ2v) is 6.35. The first kappa shape index (κ1) is 18.3. The van der Waals surface area contributed by atoms with Crippen molar-refractivity contribution in [3.63, 3.8) is 0 Å². The smallest absolute Gasteiger partial charge is 0.234 e. The zero-order valence-electron chi connectivity index (χ0n) is 14.0.